The highest BCUT2D eigenvalue weighted by Gasteiger charge is 2.39. The van der Waals surface area contributed by atoms with Gasteiger partial charge in [0.25, 0.3) is 5.91 Å². The maximum Gasteiger partial charge on any atom is 0.272 e. The maximum atomic E-state index is 12.4. The third-order valence-corrected chi connectivity index (χ3v) is 3.52. The van der Waals surface area contributed by atoms with Crippen LogP contribution in [-0.2, 0) is 6.42 Å². The number of aliphatic hydroxyl groups is 1. The smallest absolute Gasteiger partial charge is 0.272 e. The Morgan fingerprint density at radius 1 is 1.67 bits per heavy atom. The normalized spacial score (nSPS) is 20.4. The lowest BCUT2D eigenvalue weighted by molar-refractivity contribution is 0.000135. The molecule has 0 aliphatic carbocycles. The second kappa shape index (κ2) is 4.72. The number of likely N-dealkylation sites (tertiary alicyclic amines) is 1. The summed E-state index contributed by atoms with van der Waals surface area (Å²) in [5, 5.41) is 10.1. The van der Waals surface area contributed by atoms with Crippen LogP contribution in [-0.4, -0.2) is 44.1 Å². The summed E-state index contributed by atoms with van der Waals surface area (Å²) in [4.78, 5) is 21.3. The van der Waals surface area contributed by atoms with Crippen LogP contribution in [0, 0.1) is 0 Å². The lowest BCUT2D eigenvalue weighted by atomic mass is 9.96. The first kappa shape index (κ1) is 13.1. The van der Waals surface area contributed by atoms with E-state index in [-0.39, 0.29) is 11.9 Å². The van der Waals surface area contributed by atoms with Gasteiger partial charge in [-0.15, -0.1) is 0 Å². The summed E-state index contributed by atoms with van der Waals surface area (Å²) in [6.07, 6.45) is 4.16. The van der Waals surface area contributed by atoms with E-state index < -0.39 is 5.60 Å². The number of nitrogens with zero attached hydrogens (tertiary/aromatic N) is 2. The van der Waals surface area contributed by atoms with Gasteiger partial charge in [0.1, 0.15) is 11.5 Å². The minimum atomic E-state index is -0.861. The molecule has 2 N–H and O–H groups in total. The Balaban J connectivity index is 2.18. The van der Waals surface area contributed by atoms with Crippen LogP contribution in [0.25, 0.3) is 0 Å². The molecule has 0 spiro atoms. The van der Waals surface area contributed by atoms with Gasteiger partial charge in [0.05, 0.1) is 17.8 Å². The van der Waals surface area contributed by atoms with Crippen molar-refractivity contribution in [1.29, 1.82) is 0 Å². The van der Waals surface area contributed by atoms with Crippen LogP contribution in [0.3, 0.4) is 0 Å². The number of amides is 1. The van der Waals surface area contributed by atoms with Gasteiger partial charge in [0.2, 0.25) is 0 Å². The lowest BCUT2D eigenvalue weighted by Crippen LogP contribution is -2.48. The van der Waals surface area contributed by atoms with E-state index in [1.807, 2.05) is 6.92 Å². The highest BCUT2D eigenvalue weighted by molar-refractivity contribution is 5.92. The van der Waals surface area contributed by atoms with E-state index in [0.29, 0.717) is 12.2 Å². The van der Waals surface area contributed by atoms with Crippen molar-refractivity contribution < 1.29 is 9.90 Å². The molecule has 0 bridgehead atoms. The lowest BCUT2D eigenvalue weighted by Gasteiger charge is -2.33. The highest BCUT2D eigenvalue weighted by Crippen LogP contribution is 2.27. The van der Waals surface area contributed by atoms with E-state index in [2.05, 4.69) is 9.97 Å². The van der Waals surface area contributed by atoms with Crippen LogP contribution >= 0.6 is 0 Å². The van der Waals surface area contributed by atoms with Gasteiger partial charge >= 0.3 is 0 Å². The number of H-pyrrole nitrogens is 1. The molecule has 1 aromatic heterocycles. The minimum Gasteiger partial charge on any atom is -0.388 e. The Labute approximate surface area is 107 Å². The topological polar surface area (TPSA) is 69.2 Å². The van der Waals surface area contributed by atoms with Gasteiger partial charge < -0.3 is 15.0 Å². The second-order valence-corrected chi connectivity index (χ2v) is 5.41. The van der Waals surface area contributed by atoms with Crippen LogP contribution in [0.15, 0.2) is 6.20 Å². The summed E-state index contributed by atoms with van der Waals surface area (Å²) in [6.45, 7) is 6.21. The van der Waals surface area contributed by atoms with Crippen molar-refractivity contribution in [2.75, 3.05) is 6.54 Å². The van der Waals surface area contributed by atoms with E-state index in [1.165, 1.54) is 0 Å². The number of aromatic amines is 1. The third kappa shape index (κ3) is 2.41. The van der Waals surface area contributed by atoms with Crippen molar-refractivity contribution in [1.82, 2.24) is 14.9 Å². The fraction of sp³-hybridized carbons (Fsp3) is 0.692. The molecule has 0 radical (unpaired) electrons. The van der Waals surface area contributed by atoms with Crippen LogP contribution in [0.1, 0.15) is 49.9 Å². The maximum absolute atomic E-state index is 12.4. The fourth-order valence-corrected chi connectivity index (χ4v) is 2.55. The van der Waals surface area contributed by atoms with Crippen LogP contribution in [0.2, 0.25) is 0 Å². The molecule has 1 aliphatic heterocycles. The molecule has 1 aliphatic rings. The van der Waals surface area contributed by atoms with Crippen molar-refractivity contribution in [3.63, 3.8) is 0 Å². The van der Waals surface area contributed by atoms with Crippen molar-refractivity contribution in [3.8, 4) is 0 Å². The van der Waals surface area contributed by atoms with Crippen LogP contribution in [0.5, 0.6) is 0 Å². The number of hydrogen-bond acceptors (Lipinski definition) is 3. The molecule has 1 fully saturated rings. The number of hydrogen-bond donors (Lipinski definition) is 2. The van der Waals surface area contributed by atoms with E-state index >= 15 is 0 Å². The molecule has 5 heteroatoms. The SMILES string of the molecule is CCc1ncc(C(=O)N2CCCC2C(C)(C)O)[nH]1. The van der Waals surface area contributed by atoms with Crippen molar-refractivity contribution in [3.05, 3.63) is 17.7 Å². The van der Waals surface area contributed by atoms with Gasteiger partial charge in [0.15, 0.2) is 0 Å². The number of aromatic nitrogens is 2. The first-order chi connectivity index (χ1) is 8.43. The summed E-state index contributed by atoms with van der Waals surface area (Å²) >= 11 is 0. The standard InChI is InChI=1S/C13H21N3O2/c1-4-11-14-8-9(15-11)12(17)16-7-5-6-10(16)13(2,3)18/h8,10,18H,4-7H2,1-3H3,(H,14,15). The molecule has 1 saturated heterocycles. The molecular formula is C13H21N3O2. The van der Waals surface area contributed by atoms with Gasteiger partial charge in [-0.1, -0.05) is 6.92 Å². The molecule has 1 aromatic rings. The summed E-state index contributed by atoms with van der Waals surface area (Å²) < 4.78 is 0. The van der Waals surface area contributed by atoms with E-state index in [0.717, 1.165) is 25.1 Å². The average Bonchev–Trinajstić information content (AvgIpc) is 2.96. The Kier molecular flexibility index (Phi) is 3.43. The number of aryl methyl sites for hydroxylation is 1. The molecule has 0 saturated carbocycles. The van der Waals surface area contributed by atoms with Gasteiger partial charge in [0, 0.05) is 13.0 Å². The second-order valence-electron chi connectivity index (χ2n) is 5.41. The summed E-state index contributed by atoms with van der Waals surface area (Å²) in [5.41, 5.74) is -0.345. The molecule has 5 nitrogen and oxygen atoms in total. The molecule has 2 heterocycles. The first-order valence-corrected chi connectivity index (χ1v) is 6.50. The van der Waals surface area contributed by atoms with Gasteiger partial charge in [-0.25, -0.2) is 4.98 Å². The Morgan fingerprint density at radius 3 is 2.94 bits per heavy atom. The van der Waals surface area contributed by atoms with Crippen LogP contribution < -0.4 is 0 Å². The largest absolute Gasteiger partial charge is 0.388 e. The molecule has 1 amide bonds. The minimum absolute atomic E-state index is 0.0631. The molecule has 1 unspecified atom stereocenters. The predicted molar refractivity (Wildman–Crippen MR) is 68.3 cm³/mol. The fourth-order valence-electron chi connectivity index (χ4n) is 2.55. The monoisotopic (exact) mass is 251 g/mol. The summed E-state index contributed by atoms with van der Waals surface area (Å²) in [6, 6.07) is -0.113. The Hall–Kier alpha value is -1.36. The van der Waals surface area contributed by atoms with E-state index in [1.54, 1.807) is 24.9 Å². The molecular weight excluding hydrogens is 230 g/mol. The van der Waals surface area contributed by atoms with Gasteiger partial charge in [-0.3, -0.25) is 4.79 Å². The number of carbonyl (C=O) groups excluding carboxylic acids is 1. The average molecular weight is 251 g/mol. The Bertz CT molecular complexity index is 434. The van der Waals surface area contributed by atoms with Gasteiger partial charge in [-0.05, 0) is 26.7 Å². The number of imidazole rings is 1. The zero-order chi connectivity index (χ0) is 13.3. The zero-order valence-electron chi connectivity index (χ0n) is 11.2. The Morgan fingerprint density at radius 2 is 2.39 bits per heavy atom. The van der Waals surface area contributed by atoms with E-state index in [4.69, 9.17) is 0 Å². The first-order valence-electron chi connectivity index (χ1n) is 6.50. The van der Waals surface area contributed by atoms with Crippen molar-refractivity contribution >= 4 is 5.91 Å². The third-order valence-electron chi connectivity index (χ3n) is 3.52. The van der Waals surface area contributed by atoms with Crippen molar-refractivity contribution in [2.45, 2.75) is 51.7 Å². The summed E-state index contributed by atoms with van der Waals surface area (Å²) in [7, 11) is 0. The molecule has 100 valence electrons. The zero-order valence-corrected chi connectivity index (χ0v) is 11.2. The number of nitrogens with one attached hydrogen (secondary N) is 1. The number of carbonyl (C=O) groups is 1. The number of rotatable bonds is 3. The van der Waals surface area contributed by atoms with Gasteiger partial charge in [-0.2, -0.15) is 0 Å². The van der Waals surface area contributed by atoms with Crippen LogP contribution in [0.4, 0.5) is 0 Å². The summed E-state index contributed by atoms with van der Waals surface area (Å²) in [5.74, 6) is 0.754. The van der Waals surface area contributed by atoms with Crippen molar-refractivity contribution in [2.24, 2.45) is 0 Å². The highest BCUT2D eigenvalue weighted by atomic mass is 16.3. The molecule has 2 rings (SSSR count). The quantitative estimate of drug-likeness (QED) is 0.852. The van der Waals surface area contributed by atoms with E-state index in [9.17, 15) is 9.90 Å². The molecule has 0 aromatic carbocycles. The predicted octanol–water partition coefficient (Wildman–Crippen LogP) is 1.35. The molecule has 18 heavy (non-hydrogen) atoms. The molecule has 1 atom stereocenters.